The molecule has 0 fully saturated rings. The zero-order valence-corrected chi connectivity index (χ0v) is 9.37. The Kier molecular flexibility index (Phi) is 4.19. The van der Waals surface area contributed by atoms with E-state index >= 15 is 0 Å². The molecule has 0 aromatic carbocycles. The van der Waals surface area contributed by atoms with Crippen LogP contribution >= 0.6 is 11.3 Å². The molecule has 1 aromatic rings. The summed E-state index contributed by atoms with van der Waals surface area (Å²) in [5.41, 5.74) is 1.41. The van der Waals surface area contributed by atoms with Gasteiger partial charge in [-0.2, -0.15) is 0 Å². The molecule has 13 heavy (non-hydrogen) atoms. The molecule has 0 amide bonds. The van der Waals surface area contributed by atoms with Gasteiger partial charge in [-0.05, 0) is 32.4 Å². The third-order valence-electron chi connectivity index (χ3n) is 2.01. The highest BCUT2D eigenvalue weighted by atomic mass is 32.1. The minimum atomic E-state index is 0.965. The minimum absolute atomic E-state index is 0.965. The lowest BCUT2D eigenvalue weighted by molar-refractivity contribution is 0.769. The molecular weight excluding hydrogens is 178 g/mol. The van der Waals surface area contributed by atoms with Crippen molar-refractivity contribution in [3.8, 4) is 0 Å². The molecule has 2 heteroatoms. The molecule has 1 heterocycles. The number of aryl methyl sites for hydroxylation is 2. The Hall–Kier alpha value is -0.600. The van der Waals surface area contributed by atoms with Gasteiger partial charge in [0.25, 0.3) is 0 Å². The molecule has 1 rings (SSSR count). The van der Waals surface area contributed by atoms with Crippen LogP contribution in [0.2, 0.25) is 0 Å². The molecule has 0 radical (unpaired) electrons. The molecule has 0 aliphatic carbocycles. The van der Waals surface area contributed by atoms with Crippen molar-refractivity contribution >= 4 is 11.3 Å². The van der Waals surface area contributed by atoms with Gasteiger partial charge in [0.05, 0.1) is 0 Å². The summed E-state index contributed by atoms with van der Waals surface area (Å²) in [5, 5.41) is 3.37. The Morgan fingerprint density at radius 2 is 2.23 bits per heavy atom. The van der Waals surface area contributed by atoms with Crippen LogP contribution < -0.4 is 5.32 Å². The van der Waals surface area contributed by atoms with Crippen LogP contribution in [0.3, 0.4) is 0 Å². The molecule has 1 N–H and O–H groups in total. The smallest absolute Gasteiger partial charge is 0.0302 e. The Balaban J connectivity index is 2.37. The fraction of sp³-hybridized carbons (Fsp3) is 0.455. The summed E-state index contributed by atoms with van der Waals surface area (Å²) in [6.45, 7) is 8.34. The molecule has 1 aromatic heterocycles. The van der Waals surface area contributed by atoms with Crippen LogP contribution in [-0.4, -0.2) is 6.54 Å². The Labute approximate surface area is 84.5 Å². The molecule has 1 nitrogen and oxygen atoms in total. The second-order valence-electron chi connectivity index (χ2n) is 3.15. The van der Waals surface area contributed by atoms with Gasteiger partial charge in [-0.15, -0.1) is 11.3 Å². The zero-order valence-electron chi connectivity index (χ0n) is 8.55. The zero-order chi connectivity index (χ0) is 9.68. The monoisotopic (exact) mass is 195 g/mol. The standard InChI is InChI=1S/C11H17NS/c1-4-5-6-12-8-11-7-9(2)10(3)13-11/h4-5,7,12H,6,8H2,1-3H3/b5-4+. The SMILES string of the molecule is C/C=C/CNCc1cc(C)c(C)s1. The highest BCUT2D eigenvalue weighted by Crippen LogP contribution is 2.19. The largest absolute Gasteiger partial charge is 0.308 e. The fourth-order valence-electron chi connectivity index (χ4n) is 1.13. The number of nitrogens with one attached hydrogen (secondary N) is 1. The van der Waals surface area contributed by atoms with Gasteiger partial charge in [-0.1, -0.05) is 12.2 Å². The molecular formula is C11H17NS. The summed E-state index contributed by atoms with van der Waals surface area (Å²) in [6, 6.07) is 2.27. The van der Waals surface area contributed by atoms with E-state index in [-0.39, 0.29) is 0 Å². The van der Waals surface area contributed by atoms with E-state index in [9.17, 15) is 0 Å². The second-order valence-corrected chi connectivity index (χ2v) is 4.49. The topological polar surface area (TPSA) is 12.0 Å². The van der Waals surface area contributed by atoms with E-state index in [2.05, 4.69) is 37.4 Å². The van der Waals surface area contributed by atoms with Gasteiger partial charge in [-0.3, -0.25) is 0 Å². The summed E-state index contributed by atoms with van der Waals surface area (Å²) < 4.78 is 0. The van der Waals surface area contributed by atoms with Gasteiger partial charge >= 0.3 is 0 Å². The van der Waals surface area contributed by atoms with Crippen molar-refractivity contribution in [3.63, 3.8) is 0 Å². The van der Waals surface area contributed by atoms with Gasteiger partial charge in [0.15, 0.2) is 0 Å². The molecule has 0 saturated heterocycles. The number of thiophene rings is 1. The summed E-state index contributed by atoms with van der Waals surface area (Å²) in [7, 11) is 0. The lowest BCUT2D eigenvalue weighted by atomic mass is 10.3. The molecule has 0 aliphatic rings. The van der Waals surface area contributed by atoms with E-state index < -0.39 is 0 Å². The van der Waals surface area contributed by atoms with Crippen LogP contribution in [0, 0.1) is 13.8 Å². The fourth-order valence-corrected chi connectivity index (χ4v) is 2.16. The van der Waals surface area contributed by atoms with Gasteiger partial charge in [0, 0.05) is 22.8 Å². The lowest BCUT2D eigenvalue weighted by Crippen LogP contribution is -2.11. The van der Waals surface area contributed by atoms with Crippen LogP contribution in [0.15, 0.2) is 18.2 Å². The first-order valence-corrected chi connectivity index (χ1v) is 5.43. The maximum atomic E-state index is 3.37. The van der Waals surface area contributed by atoms with Crippen molar-refractivity contribution in [1.82, 2.24) is 5.32 Å². The van der Waals surface area contributed by atoms with E-state index in [0.29, 0.717) is 0 Å². The first-order valence-electron chi connectivity index (χ1n) is 4.62. The third kappa shape index (κ3) is 3.33. The molecule has 0 unspecified atom stereocenters. The Bertz CT molecular complexity index is 267. The van der Waals surface area contributed by atoms with Crippen molar-refractivity contribution in [2.24, 2.45) is 0 Å². The van der Waals surface area contributed by atoms with E-state index in [4.69, 9.17) is 0 Å². The third-order valence-corrected chi connectivity index (χ3v) is 3.17. The summed E-state index contributed by atoms with van der Waals surface area (Å²) in [4.78, 5) is 2.86. The highest BCUT2D eigenvalue weighted by Gasteiger charge is 1.99. The van der Waals surface area contributed by atoms with E-state index in [0.717, 1.165) is 13.1 Å². The summed E-state index contributed by atoms with van der Waals surface area (Å²) in [5.74, 6) is 0. The van der Waals surface area contributed by atoms with Gasteiger partial charge in [-0.25, -0.2) is 0 Å². The average Bonchev–Trinajstić information content (AvgIpc) is 2.41. The van der Waals surface area contributed by atoms with E-state index in [1.165, 1.54) is 15.3 Å². The first-order chi connectivity index (χ1) is 6.24. The maximum absolute atomic E-state index is 3.37. The van der Waals surface area contributed by atoms with Crippen molar-refractivity contribution in [2.45, 2.75) is 27.3 Å². The minimum Gasteiger partial charge on any atom is -0.308 e. The summed E-state index contributed by atoms with van der Waals surface area (Å²) in [6.07, 6.45) is 4.20. The number of hydrogen-bond acceptors (Lipinski definition) is 2. The average molecular weight is 195 g/mol. The second kappa shape index (κ2) is 5.20. The van der Waals surface area contributed by atoms with Crippen molar-refractivity contribution in [1.29, 1.82) is 0 Å². The molecule has 0 bridgehead atoms. The van der Waals surface area contributed by atoms with Crippen LogP contribution in [0.25, 0.3) is 0 Å². The number of rotatable bonds is 4. The van der Waals surface area contributed by atoms with Crippen molar-refractivity contribution in [2.75, 3.05) is 6.54 Å². The quantitative estimate of drug-likeness (QED) is 0.575. The van der Waals surface area contributed by atoms with Gasteiger partial charge in [0.1, 0.15) is 0 Å². The maximum Gasteiger partial charge on any atom is 0.0302 e. The highest BCUT2D eigenvalue weighted by molar-refractivity contribution is 7.12. The normalized spacial score (nSPS) is 11.3. The van der Waals surface area contributed by atoms with Crippen molar-refractivity contribution < 1.29 is 0 Å². The molecule has 0 atom stereocenters. The summed E-state index contributed by atoms with van der Waals surface area (Å²) >= 11 is 1.89. The predicted molar refractivity (Wildman–Crippen MR) is 60.3 cm³/mol. The molecule has 0 saturated carbocycles. The lowest BCUT2D eigenvalue weighted by Gasteiger charge is -1.96. The van der Waals surface area contributed by atoms with E-state index in [1.807, 2.05) is 18.3 Å². The molecule has 72 valence electrons. The van der Waals surface area contributed by atoms with Crippen LogP contribution in [0.1, 0.15) is 22.2 Å². The van der Waals surface area contributed by atoms with Crippen LogP contribution in [0.5, 0.6) is 0 Å². The molecule has 0 aliphatic heterocycles. The van der Waals surface area contributed by atoms with Crippen LogP contribution in [0.4, 0.5) is 0 Å². The van der Waals surface area contributed by atoms with Crippen molar-refractivity contribution in [3.05, 3.63) is 33.5 Å². The van der Waals surface area contributed by atoms with Crippen LogP contribution in [-0.2, 0) is 6.54 Å². The first kappa shape index (κ1) is 10.5. The van der Waals surface area contributed by atoms with E-state index in [1.54, 1.807) is 0 Å². The van der Waals surface area contributed by atoms with Gasteiger partial charge in [0.2, 0.25) is 0 Å². The number of hydrogen-bond donors (Lipinski definition) is 1. The van der Waals surface area contributed by atoms with Gasteiger partial charge < -0.3 is 5.32 Å². The predicted octanol–water partition coefficient (Wildman–Crippen LogP) is 3.03. The molecule has 0 spiro atoms. The Morgan fingerprint density at radius 1 is 1.46 bits per heavy atom. The number of allylic oxidation sites excluding steroid dienone is 1. The Morgan fingerprint density at radius 3 is 2.77 bits per heavy atom.